The third-order valence-corrected chi connectivity index (χ3v) is 7.66. The largest absolute Gasteiger partial charge is 0.410 e. The smallest absolute Gasteiger partial charge is 0.363 e. The van der Waals surface area contributed by atoms with Crippen LogP contribution >= 0.6 is 22.9 Å². The number of nitrogens with zero attached hydrogens (tertiary/aromatic N) is 3. The molecule has 2 aromatic heterocycles. The number of aryl methyl sites for hydroxylation is 1. The maximum atomic E-state index is 13.9. The van der Waals surface area contributed by atoms with Gasteiger partial charge in [-0.05, 0) is 48.9 Å². The van der Waals surface area contributed by atoms with Crippen LogP contribution in [0.3, 0.4) is 0 Å². The van der Waals surface area contributed by atoms with Crippen LogP contribution in [-0.2, 0) is 12.8 Å². The molecule has 1 aliphatic carbocycles. The number of carbonyl (C=O) groups excluding carboxylic acids is 1. The lowest BCUT2D eigenvalue weighted by molar-refractivity contribution is -0.173. The van der Waals surface area contributed by atoms with Crippen LogP contribution in [0.25, 0.3) is 0 Å². The zero-order valence-corrected chi connectivity index (χ0v) is 19.3. The quantitative estimate of drug-likeness (QED) is 0.440. The monoisotopic (exact) mass is 505 g/mol. The van der Waals surface area contributed by atoms with E-state index in [0.717, 1.165) is 40.8 Å². The van der Waals surface area contributed by atoms with Gasteiger partial charge in [0.25, 0.3) is 5.91 Å². The summed E-state index contributed by atoms with van der Waals surface area (Å²) >= 11 is 7.27. The van der Waals surface area contributed by atoms with Gasteiger partial charge in [0.1, 0.15) is 16.9 Å². The van der Waals surface area contributed by atoms with Gasteiger partial charge >= 0.3 is 6.18 Å². The van der Waals surface area contributed by atoms with E-state index in [1.807, 2.05) is 0 Å². The number of carbonyl (C=O) groups is 1. The Bertz CT molecular complexity index is 1290. The van der Waals surface area contributed by atoms with E-state index in [-0.39, 0.29) is 17.9 Å². The van der Waals surface area contributed by atoms with Gasteiger partial charge < -0.3 is 10.6 Å². The summed E-state index contributed by atoms with van der Waals surface area (Å²) in [6.07, 6.45) is -1.18. The predicted molar refractivity (Wildman–Crippen MR) is 123 cm³/mol. The van der Waals surface area contributed by atoms with E-state index in [1.165, 1.54) is 17.4 Å². The SMILES string of the molecule is N#Cc1c(NC(=O)c2cc3n(n2)[C@@H](C(F)(F)F)C[C@H](c2ccc(Cl)cc2)N3)sc2c1CCCC2. The highest BCUT2D eigenvalue weighted by molar-refractivity contribution is 7.16. The molecule has 6 nitrogen and oxygen atoms in total. The van der Waals surface area contributed by atoms with Gasteiger partial charge in [0.05, 0.1) is 11.6 Å². The first-order valence-corrected chi connectivity index (χ1v) is 12.0. The molecule has 3 aromatic rings. The molecule has 0 radical (unpaired) electrons. The molecule has 2 aliphatic rings. The Morgan fingerprint density at radius 2 is 2.00 bits per heavy atom. The number of nitriles is 1. The van der Waals surface area contributed by atoms with E-state index < -0.39 is 24.2 Å². The molecule has 34 heavy (non-hydrogen) atoms. The molecule has 1 aromatic carbocycles. The van der Waals surface area contributed by atoms with Gasteiger partial charge in [0.15, 0.2) is 11.7 Å². The molecule has 0 fully saturated rings. The summed E-state index contributed by atoms with van der Waals surface area (Å²) in [4.78, 5) is 14.0. The number of halogens is 4. The topological polar surface area (TPSA) is 82.7 Å². The number of fused-ring (bicyclic) bond motifs is 2. The van der Waals surface area contributed by atoms with Crippen LogP contribution in [0.15, 0.2) is 30.3 Å². The van der Waals surface area contributed by atoms with Gasteiger partial charge in [0, 0.05) is 22.4 Å². The number of aromatic nitrogens is 2. The highest BCUT2D eigenvalue weighted by Gasteiger charge is 2.46. The predicted octanol–water partition coefficient (Wildman–Crippen LogP) is 6.26. The first-order chi connectivity index (χ1) is 16.2. The maximum Gasteiger partial charge on any atom is 0.410 e. The van der Waals surface area contributed by atoms with Crippen molar-refractivity contribution in [1.82, 2.24) is 9.78 Å². The van der Waals surface area contributed by atoms with Gasteiger partial charge in [-0.1, -0.05) is 23.7 Å². The Kier molecular flexibility index (Phi) is 5.78. The minimum absolute atomic E-state index is 0.102. The second-order valence-electron chi connectivity index (χ2n) is 8.38. The summed E-state index contributed by atoms with van der Waals surface area (Å²) in [5, 5.41) is 20.3. The number of thiophene rings is 1. The van der Waals surface area contributed by atoms with Gasteiger partial charge in [0.2, 0.25) is 0 Å². The molecular formula is C23H19ClF3N5OS. The van der Waals surface area contributed by atoms with Crippen molar-refractivity contribution in [2.75, 3.05) is 10.6 Å². The van der Waals surface area contributed by atoms with Crippen molar-refractivity contribution in [1.29, 1.82) is 5.26 Å². The molecule has 0 spiro atoms. The van der Waals surface area contributed by atoms with Crippen molar-refractivity contribution in [3.8, 4) is 6.07 Å². The fraction of sp³-hybridized carbons (Fsp3) is 0.348. The molecule has 2 atom stereocenters. The summed E-state index contributed by atoms with van der Waals surface area (Å²) in [6, 6.07) is 7.56. The molecular weight excluding hydrogens is 487 g/mol. The Morgan fingerprint density at radius 3 is 2.71 bits per heavy atom. The maximum absolute atomic E-state index is 13.9. The molecule has 5 rings (SSSR count). The Balaban J connectivity index is 1.45. The number of amides is 1. The molecule has 0 unspecified atom stereocenters. The van der Waals surface area contributed by atoms with E-state index in [4.69, 9.17) is 11.6 Å². The molecule has 176 valence electrons. The lowest BCUT2D eigenvalue weighted by atomic mass is 9.96. The van der Waals surface area contributed by atoms with Crippen molar-refractivity contribution in [2.24, 2.45) is 0 Å². The Hall–Kier alpha value is -3.03. The molecule has 3 heterocycles. The van der Waals surface area contributed by atoms with Crippen molar-refractivity contribution < 1.29 is 18.0 Å². The normalized spacial score (nSPS) is 19.5. The minimum Gasteiger partial charge on any atom is -0.363 e. The Labute approximate surface area is 202 Å². The molecule has 0 bridgehead atoms. The zero-order chi connectivity index (χ0) is 24.0. The van der Waals surface area contributed by atoms with Crippen molar-refractivity contribution in [2.45, 2.75) is 50.4 Å². The van der Waals surface area contributed by atoms with E-state index >= 15 is 0 Å². The number of rotatable bonds is 3. The van der Waals surface area contributed by atoms with Crippen LogP contribution < -0.4 is 10.6 Å². The fourth-order valence-corrected chi connectivity index (χ4v) is 5.90. The van der Waals surface area contributed by atoms with Gasteiger partial charge in [-0.3, -0.25) is 4.79 Å². The highest BCUT2D eigenvalue weighted by atomic mass is 35.5. The molecule has 11 heteroatoms. The Morgan fingerprint density at radius 1 is 1.26 bits per heavy atom. The van der Waals surface area contributed by atoms with Crippen LogP contribution in [0, 0.1) is 11.3 Å². The number of anilines is 2. The first kappa shape index (κ1) is 22.7. The van der Waals surface area contributed by atoms with E-state index in [2.05, 4.69) is 21.8 Å². The van der Waals surface area contributed by atoms with Gasteiger partial charge in [-0.25, -0.2) is 4.68 Å². The summed E-state index contributed by atoms with van der Waals surface area (Å²) in [7, 11) is 0. The standard InChI is InChI=1S/C23H19ClF3N5OS/c24-13-7-5-12(6-8-13)16-9-19(23(25,26)27)32-20(29-16)10-17(31-32)21(33)30-22-15(11-28)14-3-1-2-4-18(14)34-22/h5-8,10,16,19,29H,1-4,9H2,(H,30,33)/t16-,19-/m1/s1. The second-order valence-corrected chi connectivity index (χ2v) is 9.92. The number of benzene rings is 1. The second kappa shape index (κ2) is 8.64. The molecule has 0 saturated carbocycles. The molecule has 1 aliphatic heterocycles. The van der Waals surface area contributed by atoms with Crippen molar-refractivity contribution >= 4 is 39.7 Å². The van der Waals surface area contributed by atoms with Crippen LogP contribution in [0.1, 0.15) is 63.4 Å². The van der Waals surface area contributed by atoms with Crippen molar-refractivity contribution in [3.63, 3.8) is 0 Å². The highest BCUT2D eigenvalue weighted by Crippen LogP contribution is 2.44. The molecule has 0 saturated heterocycles. The number of hydrogen-bond acceptors (Lipinski definition) is 5. The van der Waals surface area contributed by atoms with Crippen molar-refractivity contribution in [3.05, 3.63) is 62.6 Å². The average Bonchev–Trinajstić information content (AvgIpc) is 3.39. The minimum atomic E-state index is -4.55. The van der Waals surface area contributed by atoms with E-state index in [1.54, 1.807) is 24.3 Å². The average molecular weight is 506 g/mol. The number of hydrogen-bond donors (Lipinski definition) is 2. The lowest BCUT2D eigenvalue weighted by Gasteiger charge is -2.33. The summed E-state index contributed by atoms with van der Waals surface area (Å²) in [6.45, 7) is 0. The third-order valence-electron chi connectivity index (χ3n) is 6.21. The van der Waals surface area contributed by atoms with Gasteiger partial charge in [-0.15, -0.1) is 11.3 Å². The molecule has 2 N–H and O–H groups in total. The van der Waals surface area contributed by atoms with Crippen LogP contribution in [0.5, 0.6) is 0 Å². The van der Waals surface area contributed by atoms with Crippen LogP contribution in [-0.4, -0.2) is 21.9 Å². The lowest BCUT2D eigenvalue weighted by Crippen LogP contribution is -2.35. The summed E-state index contributed by atoms with van der Waals surface area (Å²) in [5.74, 6) is -0.549. The number of alkyl halides is 3. The van der Waals surface area contributed by atoms with Crippen LogP contribution in [0.2, 0.25) is 5.02 Å². The summed E-state index contributed by atoms with van der Waals surface area (Å²) in [5.41, 5.74) is 1.90. The third kappa shape index (κ3) is 4.14. The van der Waals surface area contributed by atoms with E-state index in [9.17, 15) is 23.2 Å². The first-order valence-electron chi connectivity index (χ1n) is 10.8. The molecule has 1 amide bonds. The van der Waals surface area contributed by atoms with E-state index in [0.29, 0.717) is 21.2 Å². The number of nitrogens with one attached hydrogen (secondary N) is 2. The van der Waals surface area contributed by atoms with Crippen LogP contribution in [0.4, 0.5) is 24.0 Å². The zero-order valence-electron chi connectivity index (χ0n) is 17.7. The fourth-order valence-electron chi connectivity index (χ4n) is 4.54. The van der Waals surface area contributed by atoms with Gasteiger partial charge in [-0.2, -0.15) is 23.5 Å². The summed E-state index contributed by atoms with van der Waals surface area (Å²) < 4.78 is 42.6.